The van der Waals surface area contributed by atoms with Crippen LogP contribution in [0.5, 0.6) is 11.5 Å². The standard InChI is InChI=1S/C20H16ClNO6/c1-11(19(23)22-14-3-5-16-17(10-14)26-7-6-25-16)27-20(24)18-9-12-8-13(21)2-4-15(12)28-18/h2-5,8-11H,6-7H2,1H3,(H,22,23)/t11-/m0/s1. The zero-order chi connectivity index (χ0) is 19.7. The van der Waals surface area contributed by atoms with Crippen molar-refractivity contribution in [1.29, 1.82) is 0 Å². The lowest BCUT2D eigenvalue weighted by atomic mass is 10.2. The lowest BCUT2D eigenvalue weighted by Crippen LogP contribution is -2.30. The highest BCUT2D eigenvalue weighted by atomic mass is 35.5. The van der Waals surface area contributed by atoms with E-state index in [9.17, 15) is 9.59 Å². The van der Waals surface area contributed by atoms with Crippen molar-refractivity contribution in [2.24, 2.45) is 0 Å². The molecule has 1 atom stereocenters. The minimum Gasteiger partial charge on any atom is -0.486 e. The monoisotopic (exact) mass is 401 g/mol. The van der Waals surface area contributed by atoms with E-state index in [1.54, 1.807) is 36.4 Å². The number of halogens is 1. The molecule has 0 aliphatic carbocycles. The molecule has 0 saturated carbocycles. The number of esters is 1. The molecule has 0 radical (unpaired) electrons. The number of furan rings is 1. The lowest BCUT2D eigenvalue weighted by molar-refractivity contribution is -0.123. The van der Waals surface area contributed by atoms with E-state index >= 15 is 0 Å². The van der Waals surface area contributed by atoms with Crippen molar-refractivity contribution in [3.05, 3.63) is 53.2 Å². The van der Waals surface area contributed by atoms with Crippen LogP contribution in [0.2, 0.25) is 5.02 Å². The van der Waals surface area contributed by atoms with Gasteiger partial charge in [-0.25, -0.2) is 4.79 Å². The van der Waals surface area contributed by atoms with Gasteiger partial charge in [0.15, 0.2) is 17.6 Å². The Morgan fingerprint density at radius 1 is 1.07 bits per heavy atom. The Kier molecular flexibility index (Phi) is 4.83. The average Bonchev–Trinajstić information content (AvgIpc) is 3.11. The third kappa shape index (κ3) is 3.75. The second kappa shape index (κ2) is 7.44. The maximum absolute atomic E-state index is 12.4. The number of benzene rings is 2. The predicted octanol–water partition coefficient (Wildman–Crippen LogP) is 4.04. The van der Waals surface area contributed by atoms with Crippen LogP contribution in [0, 0.1) is 0 Å². The molecule has 1 amide bonds. The van der Waals surface area contributed by atoms with Crippen LogP contribution in [0.15, 0.2) is 46.9 Å². The van der Waals surface area contributed by atoms with Crippen LogP contribution in [0.25, 0.3) is 11.0 Å². The van der Waals surface area contributed by atoms with Gasteiger partial charge >= 0.3 is 5.97 Å². The first kappa shape index (κ1) is 18.2. The van der Waals surface area contributed by atoms with Crippen LogP contribution in [-0.2, 0) is 9.53 Å². The molecule has 7 nitrogen and oxygen atoms in total. The first-order chi connectivity index (χ1) is 13.5. The van der Waals surface area contributed by atoms with Gasteiger partial charge < -0.3 is 23.9 Å². The van der Waals surface area contributed by atoms with Crippen molar-refractivity contribution in [1.82, 2.24) is 0 Å². The Hall–Kier alpha value is -3.19. The molecule has 1 N–H and O–H groups in total. The van der Waals surface area contributed by atoms with E-state index in [-0.39, 0.29) is 5.76 Å². The fraction of sp³-hybridized carbons (Fsp3) is 0.200. The van der Waals surface area contributed by atoms with Crippen LogP contribution < -0.4 is 14.8 Å². The Morgan fingerprint density at radius 2 is 1.86 bits per heavy atom. The normalized spacial score (nSPS) is 13.8. The topological polar surface area (TPSA) is 87.0 Å². The maximum atomic E-state index is 12.4. The highest BCUT2D eigenvalue weighted by Gasteiger charge is 2.22. The molecule has 0 bridgehead atoms. The minimum absolute atomic E-state index is 0.00348. The number of hydrogen-bond acceptors (Lipinski definition) is 6. The molecule has 1 aliphatic rings. The summed E-state index contributed by atoms with van der Waals surface area (Å²) in [6, 6.07) is 11.6. The molecule has 2 heterocycles. The number of carbonyl (C=O) groups excluding carboxylic acids is 2. The van der Waals surface area contributed by atoms with Gasteiger partial charge in [-0.3, -0.25) is 4.79 Å². The molecule has 2 aromatic carbocycles. The molecule has 0 spiro atoms. The summed E-state index contributed by atoms with van der Waals surface area (Å²) in [7, 11) is 0. The number of rotatable bonds is 4. The van der Waals surface area contributed by atoms with Crippen molar-refractivity contribution in [2.75, 3.05) is 18.5 Å². The number of carbonyl (C=O) groups is 2. The molecular weight excluding hydrogens is 386 g/mol. The first-order valence-corrected chi connectivity index (χ1v) is 8.98. The van der Waals surface area contributed by atoms with Crippen molar-refractivity contribution >= 4 is 40.1 Å². The van der Waals surface area contributed by atoms with E-state index in [1.165, 1.54) is 13.0 Å². The molecular formula is C20H16ClNO6. The molecule has 3 aromatic rings. The summed E-state index contributed by atoms with van der Waals surface area (Å²) in [5.41, 5.74) is 1.01. The largest absolute Gasteiger partial charge is 0.486 e. The molecule has 144 valence electrons. The number of fused-ring (bicyclic) bond motifs is 2. The lowest BCUT2D eigenvalue weighted by Gasteiger charge is -2.19. The summed E-state index contributed by atoms with van der Waals surface area (Å²) in [4.78, 5) is 24.6. The SMILES string of the molecule is C[C@H](OC(=O)c1cc2cc(Cl)ccc2o1)C(=O)Nc1ccc2c(c1)OCCO2. The Labute approximate surface area is 165 Å². The van der Waals surface area contributed by atoms with Gasteiger partial charge in [0, 0.05) is 22.2 Å². The average molecular weight is 402 g/mol. The second-order valence-electron chi connectivity index (χ2n) is 6.19. The summed E-state index contributed by atoms with van der Waals surface area (Å²) in [5, 5.41) is 3.88. The van der Waals surface area contributed by atoms with Crippen LogP contribution >= 0.6 is 11.6 Å². The molecule has 0 saturated heterocycles. The number of nitrogens with one attached hydrogen (secondary N) is 1. The van der Waals surface area contributed by atoms with Crippen LogP contribution in [0.3, 0.4) is 0 Å². The van der Waals surface area contributed by atoms with Gasteiger partial charge in [0.05, 0.1) is 0 Å². The van der Waals surface area contributed by atoms with Gasteiger partial charge in [-0.05, 0) is 43.3 Å². The van der Waals surface area contributed by atoms with Gasteiger partial charge in [0.2, 0.25) is 5.76 Å². The second-order valence-corrected chi connectivity index (χ2v) is 6.62. The van der Waals surface area contributed by atoms with Crippen molar-refractivity contribution in [2.45, 2.75) is 13.0 Å². The van der Waals surface area contributed by atoms with Crippen molar-refractivity contribution < 1.29 is 28.2 Å². The smallest absolute Gasteiger partial charge is 0.375 e. The highest BCUT2D eigenvalue weighted by molar-refractivity contribution is 6.31. The molecule has 8 heteroatoms. The summed E-state index contributed by atoms with van der Waals surface area (Å²) < 4.78 is 21.6. The van der Waals surface area contributed by atoms with E-state index in [0.717, 1.165) is 0 Å². The molecule has 1 aliphatic heterocycles. The molecule has 4 rings (SSSR count). The van der Waals surface area contributed by atoms with E-state index in [2.05, 4.69) is 5.32 Å². The Balaban J connectivity index is 1.41. The van der Waals surface area contributed by atoms with Crippen LogP contribution in [-0.4, -0.2) is 31.2 Å². The third-order valence-corrected chi connectivity index (χ3v) is 4.38. The van der Waals surface area contributed by atoms with Gasteiger partial charge in [-0.1, -0.05) is 11.6 Å². The molecule has 0 fully saturated rings. The van der Waals surface area contributed by atoms with Crippen molar-refractivity contribution in [3.63, 3.8) is 0 Å². The molecule has 28 heavy (non-hydrogen) atoms. The molecule has 1 aromatic heterocycles. The Bertz CT molecular complexity index is 1060. The van der Waals surface area contributed by atoms with Gasteiger partial charge in [0.25, 0.3) is 5.91 Å². The van der Waals surface area contributed by atoms with Crippen LogP contribution in [0.1, 0.15) is 17.5 Å². The van der Waals surface area contributed by atoms with E-state index < -0.39 is 18.0 Å². The fourth-order valence-electron chi connectivity index (χ4n) is 2.75. The number of ether oxygens (including phenoxy) is 3. The molecule has 0 unspecified atom stereocenters. The quantitative estimate of drug-likeness (QED) is 0.664. The van der Waals surface area contributed by atoms with Crippen LogP contribution in [0.4, 0.5) is 5.69 Å². The van der Waals surface area contributed by atoms with Gasteiger partial charge in [-0.15, -0.1) is 0 Å². The first-order valence-electron chi connectivity index (χ1n) is 8.60. The third-order valence-electron chi connectivity index (χ3n) is 4.14. The van der Waals surface area contributed by atoms with Crippen molar-refractivity contribution in [3.8, 4) is 11.5 Å². The zero-order valence-corrected chi connectivity index (χ0v) is 15.6. The minimum atomic E-state index is -1.03. The zero-order valence-electron chi connectivity index (χ0n) is 14.9. The summed E-state index contributed by atoms with van der Waals surface area (Å²) in [6.45, 7) is 2.41. The van der Waals surface area contributed by atoms with Gasteiger partial charge in [0.1, 0.15) is 18.8 Å². The van der Waals surface area contributed by atoms with E-state index in [0.29, 0.717) is 46.4 Å². The number of hydrogen-bond donors (Lipinski definition) is 1. The highest BCUT2D eigenvalue weighted by Crippen LogP contribution is 2.32. The maximum Gasteiger partial charge on any atom is 0.375 e. The predicted molar refractivity (Wildman–Crippen MR) is 102 cm³/mol. The summed E-state index contributed by atoms with van der Waals surface area (Å²) in [5.74, 6) is -0.0547. The van der Waals surface area contributed by atoms with E-state index in [1.807, 2.05) is 0 Å². The Morgan fingerprint density at radius 3 is 2.68 bits per heavy atom. The van der Waals surface area contributed by atoms with Gasteiger partial charge in [-0.2, -0.15) is 0 Å². The van der Waals surface area contributed by atoms with E-state index in [4.69, 9.17) is 30.2 Å². The summed E-state index contributed by atoms with van der Waals surface area (Å²) in [6.07, 6.45) is -1.03. The fourth-order valence-corrected chi connectivity index (χ4v) is 2.93. The summed E-state index contributed by atoms with van der Waals surface area (Å²) >= 11 is 5.93. The number of amides is 1. The number of anilines is 1.